The first-order chi connectivity index (χ1) is 12.8. The summed E-state index contributed by atoms with van der Waals surface area (Å²) in [4.78, 5) is 2.66. The van der Waals surface area contributed by atoms with E-state index in [0.717, 1.165) is 19.4 Å². The van der Waals surface area contributed by atoms with E-state index in [-0.39, 0.29) is 6.04 Å². The molecule has 1 heteroatoms. The highest BCUT2D eigenvalue weighted by molar-refractivity contribution is 5.34. The Labute approximate surface area is 156 Å². The van der Waals surface area contributed by atoms with Crippen LogP contribution in [-0.2, 0) is 0 Å². The lowest BCUT2D eigenvalue weighted by molar-refractivity contribution is 0.135. The fourth-order valence-corrected chi connectivity index (χ4v) is 4.08. The van der Waals surface area contributed by atoms with Gasteiger partial charge in [0, 0.05) is 12.6 Å². The molecule has 1 unspecified atom stereocenters. The third kappa shape index (κ3) is 3.49. The number of rotatable bonds is 4. The zero-order chi connectivity index (χ0) is 17.8. The first kappa shape index (κ1) is 16.8. The number of hydrogen-bond donors (Lipinski definition) is 0. The first-order valence-electron chi connectivity index (χ1n) is 9.40. The van der Waals surface area contributed by atoms with Gasteiger partial charge < -0.3 is 0 Å². The van der Waals surface area contributed by atoms with Crippen molar-refractivity contribution in [3.8, 4) is 0 Å². The summed E-state index contributed by atoms with van der Waals surface area (Å²) in [6.45, 7) is 5.34. The Balaban J connectivity index is 1.79. The molecule has 0 amide bonds. The molecule has 0 radical (unpaired) electrons. The van der Waals surface area contributed by atoms with E-state index in [4.69, 9.17) is 0 Å². The molecule has 3 aromatic carbocycles. The van der Waals surface area contributed by atoms with Crippen molar-refractivity contribution in [3.05, 3.63) is 120 Å². The van der Waals surface area contributed by atoms with Crippen LogP contribution < -0.4 is 0 Å². The fraction of sp³-hybridized carbons (Fsp3) is 0.200. The van der Waals surface area contributed by atoms with Crippen LogP contribution in [0.3, 0.4) is 0 Å². The SMILES string of the molecule is C=C1CCN(C(c2ccccc2)c2ccccc2)C(c2ccccc2)C1. The van der Waals surface area contributed by atoms with Crippen molar-refractivity contribution in [3.63, 3.8) is 0 Å². The maximum absolute atomic E-state index is 4.30. The molecule has 1 aliphatic rings. The van der Waals surface area contributed by atoms with Gasteiger partial charge in [0.1, 0.15) is 0 Å². The molecule has 0 spiro atoms. The van der Waals surface area contributed by atoms with Crippen LogP contribution in [0.2, 0.25) is 0 Å². The zero-order valence-electron chi connectivity index (χ0n) is 15.1. The third-order valence-electron chi connectivity index (χ3n) is 5.35. The topological polar surface area (TPSA) is 3.24 Å². The van der Waals surface area contributed by atoms with E-state index in [0.29, 0.717) is 6.04 Å². The van der Waals surface area contributed by atoms with Crippen LogP contribution in [0.4, 0.5) is 0 Å². The van der Waals surface area contributed by atoms with Crippen molar-refractivity contribution >= 4 is 0 Å². The Morgan fingerprint density at radius 1 is 0.731 bits per heavy atom. The summed E-state index contributed by atoms with van der Waals surface area (Å²) in [6, 6.07) is 33.3. The number of benzene rings is 3. The molecule has 26 heavy (non-hydrogen) atoms. The number of hydrogen-bond acceptors (Lipinski definition) is 1. The van der Waals surface area contributed by atoms with Crippen LogP contribution in [0.5, 0.6) is 0 Å². The van der Waals surface area contributed by atoms with Gasteiger partial charge in [-0.3, -0.25) is 4.90 Å². The average molecular weight is 339 g/mol. The molecule has 0 aliphatic carbocycles. The van der Waals surface area contributed by atoms with E-state index in [2.05, 4.69) is 102 Å². The maximum atomic E-state index is 4.30. The molecule has 1 saturated heterocycles. The van der Waals surface area contributed by atoms with Crippen molar-refractivity contribution in [1.82, 2.24) is 4.90 Å². The van der Waals surface area contributed by atoms with Crippen LogP contribution in [0.25, 0.3) is 0 Å². The molecule has 130 valence electrons. The number of nitrogens with zero attached hydrogens (tertiary/aromatic N) is 1. The highest BCUT2D eigenvalue weighted by Crippen LogP contribution is 2.41. The summed E-state index contributed by atoms with van der Waals surface area (Å²) in [5, 5.41) is 0. The summed E-state index contributed by atoms with van der Waals surface area (Å²) in [6.07, 6.45) is 2.10. The van der Waals surface area contributed by atoms with Crippen LogP contribution in [0.1, 0.15) is 41.6 Å². The van der Waals surface area contributed by atoms with Gasteiger partial charge in [0.15, 0.2) is 0 Å². The van der Waals surface area contributed by atoms with Gasteiger partial charge in [0.25, 0.3) is 0 Å². The molecular formula is C25H25N. The van der Waals surface area contributed by atoms with Crippen LogP contribution >= 0.6 is 0 Å². The van der Waals surface area contributed by atoms with E-state index in [1.807, 2.05) is 0 Å². The molecule has 0 aromatic heterocycles. The molecular weight excluding hydrogens is 314 g/mol. The third-order valence-corrected chi connectivity index (χ3v) is 5.35. The van der Waals surface area contributed by atoms with Crippen molar-refractivity contribution in [2.24, 2.45) is 0 Å². The fourth-order valence-electron chi connectivity index (χ4n) is 4.08. The number of likely N-dealkylation sites (tertiary alicyclic amines) is 1. The summed E-state index contributed by atoms with van der Waals surface area (Å²) < 4.78 is 0. The molecule has 1 heterocycles. The molecule has 1 fully saturated rings. The molecule has 1 atom stereocenters. The minimum Gasteiger partial charge on any atom is -0.285 e. The molecule has 1 nitrogen and oxygen atoms in total. The molecule has 4 rings (SSSR count). The van der Waals surface area contributed by atoms with E-state index >= 15 is 0 Å². The van der Waals surface area contributed by atoms with E-state index < -0.39 is 0 Å². The van der Waals surface area contributed by atoms with Gasteiger partial charge in [0.05, 0.1) is 6.04 Å². The normalized spacial score (nSPS) is 18.2. The first-order valence-corrected chi connectivity index (χ1v) is 9.40. The van der Waals surface area contributed by atoms with Gasteiger partial charge in [-0.05, 0) is 29.5 Å². The van der Waals surface area contributed by atoms with Gasteiger partial charge in [-0.15, -0.1) is 0 Å². The van der Waals surface area contributed by atoms with Crippen LogP contribution in [0, 0.1) is 0 Å². The molecule has 3 aromatic rings. The Morgan fingerprint density at radius 2 is 1.23 bits per heavy atom. The second-order valence-electron chi connectivity index (χ2n) is 7.09. The van der Waals surface area contributed by atoms with Crippen molar-refractivity contribution in [1.29, 1.82) is 0 Å². The monoisotopic (exact) mass is 339 g/mol. The van der Waals surface area contributed by atoms with Crippen molar-refractivity contribution < 1.29 is 0 Å². The Hall–Kier alpha value is -2.64. The lowest BCUT2D eigenvalue weighted by Crippen LogP contribution is -2.37. The predicted molar refractivity (Wildman–Crippen MR) is 109 cm³/mol. The minimum atomic E-state index is 0.260. The molecule has 1 aliphatic heterocycles. The lowest BCUT2D eigenvalue weighted by atomic mass is 9.87. The van der Waals surface area contributed by atoms with Crippen LogP contribution in [-0.4, -0.2) is 11.4 Å². The lowest BCUT2D eigenvalue weighted by Gasteiger charge is -2.42. The maximum Gasteiger partial charge on any atom is 0.0607 e. The Bertz CT molecular complexity index is 800. The van der Waals surface area contributed by atoms with E-state index in [9.17, 15) is 0 Å². The quantitative estimate of drug-likeness (QED) is 0.514. The highest BCUT2D eigenvalue weighted by Gasteiger charge is 2.32. The minimum absolute atomic E-state index is 0.260. The van der Waals surface area contributed by atoms with Gasteiger partial charge in [-0.25, -0.2) is 0 Å². The molecule has 0 N–H and O–H groups in total. The Kier molecular flexibility index (Phi) is 4.99. The van der Waals surface area contributed by atoms with Gasteiger partial charge in [-0.2, -0.15) is 0 Å². The summed E-state index contributed by atoms with van der Waals surface area (Å²) in [5.74, 6) is 0. The van der Waals surface area contributed by atoms with Gasteiger partial charge >= 0.3 is 0 Å². The predicted octanol–water partition coefficient (Wildman–Crippen LogP) is 6.17. The van der Waals surface area contributed by atoms with Crippen LogP contribution in [0.15, 0.2) is 103 Å². The highest BCUT2D eigenvalue weighted by atomic mass is 15.2. The molecule has 0 saturated carbocycles. The van der Waals surface area contributed by atoms with Crippen molar-refractivity contribution in [2.75, 3.05) is 6.54 Å². The molecule has 0 bridgehead atoms. The van der Waals surface area contributed by atoms with Gasteiger partial charge in [0.2, 0.25) is 0 Å². The van der Waals surface area contributed by atoms with E-state index in [1.165, 1.54) is 22.3 Å². The Morgan fingerprint density at radius 3 is 1.77 bits per heavy atom. The average Bonchev–Trinajstić information content (AvgIpc) is 2.71. The summed E-state index contributed by atoms with van der Waals surface area (Å²) in [5.41, 5.74) is 5.44. The zero-order valence-corrected chi connectivity index (χ0v) is 15.1. The number of piperidine rings is 1. The smallest absolute Gasteiger partial charge is 0.0607 e. The standard InChI is InChI=1S/C25H25N/c1-20-17-18-26(24(19-20)21-11-5-2-6-12-21)25(22-13-7-3-8-14-22)23-15-9-4-10-16-23/h2-16,24-25H,1,17-19H2. The largest absolute Gasteiger partial charge is 0.285 e. The van der Waals surface area contributed by atoms with E-state index in [1.54, 1.807) is 0 Å². The van der Waals surface area contributed by atoms with Gasteiger partial charge in [-0.1, -0.05) is 103 Å². The second kappa shape index (κ2) is 7.72. The second-order valence-corrected chi connectivity index (χ2v) is 7.09. The van der Waals surface area contributed by atoms with Crippen molar-refractivity contribution in [2.45, 2.75) is 24.9 Å². The summed E-state index contributed by atoms with van der Waals surface area (Å²) >= 11 is 0. The summed E-state index contributed by atoms with van der Waals surface area (Å²) in [7, 11) is 0.